The van der Waals surface area contributed by atoms with Gasteiger partial charge in [-0.05, 0) is 41.9 Å². The molecule has 30 heavy (non-hydrogen) atoms. The van der Waals surface area contributed by atoms with Gasteiger partial charge in [-0.15, -0.1) is 0 Å². The lowest BCUT2D eigenvalue weighted by Gasteiger charge is -2.19. The van der Waals surface area contributed by atoms with Gasteiger partial charge in [0.05, 0.1) is 0 Å². The molecule has 4 heteroatoms. The first-order valence-electron chi connectivity index (χ1n) is 12.4. The molecule has 1 rings (SSSR count). The second kappa shape index (κ2) is 16.8. The number of hydrogen-bond donors (Lipinski definition) is 1. The van der Waals surface area contributed by atoms with E-state index in [1.165, 1.54) is 82.6 Å². The first-order valence-corrected chi connectivity index (χ1v) is 13.5. The maximum Gasteiger partial charge on any atom is 0.357 e. The minimum Gasteiger partial charge on any atom is -0.380 e. The summed E-state index contributed by atoms with van der Waals surface area (Å²) in [7, 11) is 0. The van der Waals surface area contributed by atoms with E-state index in [-0.39, 0.29) is 0 Å². The molecule has 0 aliphatic heterocycles. The van der Waals surface area contributed by atoms with E-state index in [1.807, 2.05) is 6.07 Å². The average molecular weight is 439 g/mol. The van der Waals surface area contributed by atoms with Crippen molar-refractivity contribution in [2.45, 2.75) is 129 Å². The van der Waals surface area contributed by atoms with Crippen LogP contribution in [0.15, 0.2) is 18.2 Å². The van der Waals surface area contributed by atoms with E-state index in [9.17, 15) is 8.76 Å². The first kappa shape index (κ1) is 27.2. The predicted molar refractivity (Wildman–Crippen MR) is 131 cm³/mol. The minimum atomic E-state index is -2.29. The van der Waals surface area contributed by atoms with Crippen LogP contribution in [-0.2, 0) is 11.4 Å². The Morgan fingerprint density at radius 3 is 1.83 bits per heavy atom. The second-order valence-corrected chi connectivity index (χ2v) is 9.61. The van der Waals surface area contributed by atoms with Crippen LogP contribution in [0, 0.1) is 0 Å². The summed E-state index contributed by atoms with van der Waals surface area (Å²) in [5.74, 6) is 1.35. The molecule has 0 saturated carbocycles. The topological polar surface area (TPSA) is 46.5 Å². The summed E-state index contributed by atoms with van der Waals surface area (Å²) in [5, 5.41) is 0. The third-order valence-corrected chi connectivity index (χ3v) is 6.60. The highest BCUT2D eigenvalue weighted by Crippen LogP contribution is 2.34. The molecular weight excluding hydrogens is 392 g/mol. The molecule has 0 bridgehead atoms. The quantitative estimate of drug-likeness (QED) is 0.184. The van der Waals surface area contributed by atoms with E-state index < -0.39 is 11.4 Å². The molecule has 0 saturated heterocycles. The summed E-state index contributed by atoms with van der Waals surface area (Å²) < 4.78 is 26.0. The Bertz CT molecular complexity index is 588. The lowest BCUT2D eigenvalue weighted by molar-refractivity contribution is 0.450. The molecule has 3 nitrogen and oxygen atoms in total. The van der Waals surface area contributed by atoms with Crippen LogP contribution >= 0.6 is 0 Å². The van der Waals surface area contributed by atoms with Gasteiger partial charge in [-0.2, -0.15) is 4.21 Å². The van der Waals surface area contributed by atoms with Crippen molar-refractivity contribution in [1.82, 2.24) is 0 Å². The maximum absolute atomic E-state index is 11.4. The fourth-order valence-electron chi connectivity index (χ4n) is 4.20. The van der Waals surface area contributed by atoms with Crippen LogP contribution in [0.5, 0.6) is 5.75 Å². The Hall–Kier alpha value is -0.870. The van der Waals surface area contributed by atoms with Gasteiger partial charge < -0.3 is 4.18 Å². The van der Waals surface area contributed by atoms with Crippen LogP contribution in [0.25, 0.3) is 0 Å². The van der Waals surface area contributed by atoms with Gasteiger partial charge in [0.2, 0.25) is 0 Å². The largest absolute Gasteiger partial charge is 0.380 e. The summed E-state index contributed by atoms with van der Waals surface area (Å²) in [6, 6.07) is 6.32. The van der Waals surface area contributed by atoms with Gasteiger partial charge in [0.25, 0.3) is 0 Å². The van der Waals surface area contributed by atoms with Crippen molar-refractivity contribution >= 4 is 11.4 Å². The Morgan fingerprint density at radius 1 is 0.800 bits per heavy atom. The van der Waals surface area contributed by atoms with Crippen molar-refractivity contribution in [2.75, 3.05) is 0 Å². The smallest absolute Gasteiger partial charge is 0.357 e. The SMILES string of the molecule is CCCCCCCCC(C)c1ccc(C(C)CCCCCCCC)c(OS(=O)O)c1. The van der Waals surface area contributed by atoms with Gasteiger partial charge >= 0.3 is 11.4 Å². The molecule has 0 aromatic heterocycles. The van der Waals surface area contributed by atoms with Crippen LogP contribution < -0.4 is 4.18 Å². The van der Waals surface area contributed by atoms with E-state index in [0.717, 1.165) is 18.4 Å². The number of benzene rings is 1. The summed E-state index contributed by atoms with van der Waals surface area (Å²) in [6.07, 6.45) is 17.8. The normalized spacial score (nSPS) is 14.4. The zero-order chi connectivity index (χ0) is 22.2. The molecule has 0 radical (unpaired) electrons. The third kappa shape index (κ3) is 11.5. The fourth-order valence-corrected chi connectivity index (χ4v) is 4.50. The predicted octanol–water partition coefficient (Wildman–Crippen LogP) is 8.91. The lowest BCUT2D eigenvalue weighted by Crippen LogP contribution is -2.05. The van der Waals surface area contributed by atoms with Crippen LogP contribution in [-0.4, -0.2) is 8.76 Å². The highest BCUT2D eigenvalue weighted by Gasteiger charge is 2.16. The Labute approximate surface area is 188 Å². The average Bonchev–Trinajstić information content (AvgIpc) is 2.72. The molecule has 0 spiro atoms. The van der Waals surface area contributed by atoms with Gasteiger partial charge in [-0.3, -0.25) is 4.55 Å². The molecule has 3 unspecified atom stereocenters. The standard InChI is InChI=1S/C26H46O3S/c1-5-7-9-11-13-15-17-22(3)24-19-20-25(26(21-24)29-30(27)28)23(4)18-16-14-12-10-8-6-2/h19-23H,5-18H2,1-4H3,(H,27,28). The summed E-state index contributed by atoms with van der Waals surface area (Å²) in [4.78, 5) is 0. The summed E-state index contributed by atoms with van der Waals surface area (Å²) in [6.45, 7) is 8.94. The molecule has 0 aliphatic carbocycles. The zero-order valence-electron chi connectivity index (χ0n) is 20.0. The minimum absolute atomic E-state index is 0.331. The highest BCUT2D eigenvalue weighted by molar-refractivity contribution is 7.74. The monoisotopic (exact) mass is 438 g/mol. The van der Waals surface area contributed by atoms with Crippen molar-refractivity contribution in [3.8, 4) is 5.75 Å². The molecule has 3 atom stereocenters. The number of unbranched alkanes of at least 4 members (excludes halogenated alkanes) is 10. The molecule has 1 N–H and O–H groups in total. The first-order chi connectivity index (χ1) is 14.5. The molecule has 0 fully saturated rings. The van der Waals surface area contributed by atoms with Gasteiger partial charge in [0.1, 0.15) is 5.75 Å². The van der Waals surface area contributed by atoms with Crippen LogP contribution in [0.3, 0.4) is 0 Å². The van der Waals surface area contributed by atoms with Crippen molar-refractivity contribution < 1.29 is 12.9 Å². The second-order valence-electron chi connectivity index (χ2n) is 9.01. The van der Waals surface area contributed by atoms with Crippen molar-refractivity contribution in [2.24, 2.45) is 0 Å². The number of rotatable bonds is 18. The van der Waals surface area contributed by atoms with Crippen LogP contribution in [0.2, 0.25) is 0 Å². The molecule has 0 aliphatic rings. The lowest BCUT2D eigenvalue weighted by atomic mass is 9.89. The van der Waals surface area contributed by atoms with Gasteiger partial charge in [-0.1, -0.05) is 117 Å². The van der Waals surface area contributed by atoms with Crippen molar-refractivity contribution in [1.29, 1.82) is 0 Å². The molecule has 1 aromatic carbocycles. The molecule has 0 heterocycles. The Morgan fingerprint density at radius 2 is 1.30 bits per heavy atom. The van der Waals surface area contributed by atoms with Gasteiger partial charge in [0.15, 0.2) is 0 Å². The zero-order valence-corrected chi connectivity index (χ0v) is 20.8. The molecule has 174 valence electrons. The van der Waals surface area contributed by atoms with E-state index >= 15 is 0 Å². The van der Waals surface area contributed by atoms with E-state index in [1.54, 1.807) is 0 Å². The fraction of sp³-hybridized carbons (Fsp3) is 0.769. The molecule has 1 aromatic rings. The van der Waals surface area contributed by atoms with Crippen LogP contribution in [0.4, 0.5) is 0 Å². The molecule has 0 amide bonds. The molecular formula is C26H46O3S. The Kier molecular flexibility index (Phi) is 15.2. The van der Waals surface area contributed by atoms with E-state index in [0.29, 0.717) is 17.6 Å². The van der Waals surface area contributed by atoms with Crippen molar-refractivity contribution in [3.63, 3.8) is 0 Å². The summed E-state index contributed by atoms with van der Waals surface area (Å²) >= 11 is -2.29. The number of hydrogen-bond acceptors (Lipinski definition) is 2. The van der Waals surface area contributed by atoms with Crippen molar-refractivity contribution in [3.05, 3.63) is 29.3 Å². The highest BCUT2D eigenvalue weighted by atomic mass is 32.2. The van der Waals surface area contributed by atoms with Gasteiger partial charge in [-0.25, -0.2) is 0 Å². The summed E-state index contributed by atoms with van der Waals surface area (Å²) in [5.41, 5.74) is 2.26. The van der Waals surface area contributed by atoms with E-state index in [4.69, 9.17) is 4.18 Å². The third-order valence-electron chi connectivity index (χ3n) is 6.28. The van der Waals surface area contributed by atoms with Gasteiger partial charge in [0, 0.05) is 0 Å². The van der Waals surface area contributed by atoms with Crippen LogP contribution in [0.1, 0.15) is 141 Å². The van der Waals surface area contributed by atoms with E-state index in [2.05, 4.69) is 39.8 Å². The Balaban J connectivity index is 2.62. The maximum atomic E-state index is 11.4.